The Kier molecular flexibility index (Phi) is 6.02. The summed E-state index contributed by atoms with van der Waals surface area (Å²) in [5.74, 6) is 0. The quantitative estimate of drug-likeness (QED) is 0.568. The van der Waals surface area contributed by atoms with Crippen molar-refractivity contribution in [2.24, 2.45) is 5.10 Å². The second-order valence-electron chi connectivity index (χ2n) is 8.12. The second-order valence-corrected chi connectivity index (χ2v) is 11.6. The lowest BCUT2D eigenvalue weighted by molar-refractivity contribution is 0.370. The zero-order chi connectivity index (χ0) is 23.8. The van der Waals surface area contributed by atoms with Crippen molar-refractivity contribution in [2.75, 3.05) is 11.0 Å². The van der Waals surface area contributed by atoms with Crippen LogP contribution in [-0.4, -0.2) is 33.2 Å². The second kappa shape index (κ2) is 8.64. The van der Waals surface area contributed by atoms with Gasteiger partial charge in [-0.25, -0.2) is 8.42 Å². The third-order valence-corrected chi connectivity index (χ3v) is 8.01. The third kappa shape index (κ3) is 4.79. The smallest absolute Gasteiger partial charge is 0.279 e. The van der Waals surface area contributed by atoms with E-state index < -0.39 is 26.1 Å². The maximum Gasteiger partial charge on any atom is 0.279 e. The lowest BCUT2D eigenvalue weighted by Crippen LogP contribution is -2.28. The molecule has 1 heterocycles. The van der Waals surface area contributed by atoms with Gasteiger partial charge in [-0.05, 0) is 54.3 Å². The molecule has 7 nitrogen and oxygen atoms in total. The summed E-state index contributed by atoms with van der Waals surface area (Å²) in [6.45, 7) is 3.72. The molecule has 3 aromatic rings. The largest absolute Gasteiger partial charge is 0.284 e. The number of anilines is 1. The van der Waals surface area contributed by atoms with Crippen LogP contribution < -0.4 is 4.72 Å². The first-order valence-corrected chi connectivity index (χ1v) is 13.7. The summed E-state index contributed by atoms with van der Waals surface area (Å²) in [6, 6.07) is 20.8. The van der Waals surface area contributed by atoms with Gasteiger partial charge >= 0.3 is 0 Å². The summed E-state index contributed by atoms with van der Waals surface area (Å²) in [5, 5.41) is 4.57. The number of benzene rings is 3. The Morgan fingerprint density at radius 2 is 1.45 bits per heavy atom. The Hall–Kier alpha value is -3.17. The average Bonchev–Trinajstić information content (AvgIpc) is 3.20. The van der Waals surface area contributed by atoms with Crippen LogP contribution in [0.15, 0.2) is 82.8 Å². The molecule has 4 rings (SSSR count). The summed E-state index contributed by atoms with van der Waals surface area (Å²) in [6.07, 6.45) is 1.48. The fraction of sp³-hybridized carbons (Fsp3) is 0.208. The van der Waals surface area contributed by atoms with Crippen LogP contribution in [0.5, 0.6) is 0 Å². The van der Waals surface area contributed by atoms with E-state index in [0.29, 0.717) is 23.4 Å². The van der Waals surface area contributed by atoms with Gasteiger partial charge in [0.1, 0.15) is 0 Å². The zero-order valence-corrected chi connectivity index (χ0v) is 20.2. The van der Waals surface area contributed by atoms with Crippen LogP contribution in [-0.2, 0) is 20.0 Å². The SMILES string of the molecule is Cc1ccccc1[C@@H]1CC(c2ccc(NS(C)(=O)=O)cc2)=NN1S(=O)(=O)c1ccccc1C. The highest BCUT2D eigenvalue weighted by atomic mass is 32.2. The number of sulfonamides is 2. The standard InChI is InChI=1S/C24H25N3O4S2/c1-17-8-4-6-10-21(17)23-16-22(19-12-14-20(15-13-19)26-32(3,28)29)25-27(23)33(30,31)24-11-7-5-9-18(24)2/h4-15,23,26H,16H2,1-3H3/t23-/m0/s1. The Morgan fingerprint density at radius 1 is 0.848 bits per heavy atom. The van der Waals surface area contributed by atoms with Crippen LogP contribution in [0.25, 0.3) is 0 Å². The molecule has 9 heteroatoms. The molecule has 1 aliphatic rings. The summed E-state index contributed by atoms with van der Waals surface area (Å²) in [5.41, 5.74) is 4.31. The summed E-state index contributed by atoms with van der Waals surface area (Å²) in [4.78, 5) is 0.223. The number of aryl methyl sites for hydroxylation is 2. The van der Waals surface area contributed by atoms with Crippen molar-refractivity contribution < 1.29 is 16.8 Å². The Balaban J connectivity index is 1.77. The minimum atomic E-state index is -3.90. The van der Waals surface area contributed by atoms with Gasteiger partial charge in [0.15, 0.2) is 0 Å². The van der Waals surface area contributed by atoms with Crippen molar-refractivity contribution in [3.8, 4) is 0 Å². The van der Waals surface area contributed by atoms with Crippen LogP contribution in [0.1, 0.15) is 34.7 Å². The molecular formula is C24H25N3O4S2. The molecule has 3 aromatic carbocycles. The van der Waals surface area contributed by atoms with E-state index in [4.69, 9.17) is 0 Å². The molecule has 0 saturated heterocycles. The lowest BCUT2D eigenvalue weighted by Gasteiger charge is -2.25. The molecule has 172 valence electrons. The molecule has 1 atom stereocenters. The van der Waals surface area contributed by atoms with Crippen molar-refractivity contribution in [2.45, 2.75) is 31.2 Å². The van der Waals surface area contributed by atoms with Crippen molar-refractivity contribution in [1.29, 1.82) is 0 Å². The van der Waals surface area contributed by atoms with E-state index in [1.165, 1.54) is 4.41 Å². The molecule has 0 fully saturated rings. The van der Waals surface area contributed by atoms with Crippen LogP contribution in [0.2, 0.25) is 0 Å². The molecule has 0 bridgehead atoms. The molecule has 0 saturated carbocycles. The Morgan fingerprint density at radius 3 is 2.06 bits per heavy atom. The van der Waals surface area contributed by atoms with Gasteiger partial charge < -0.3 is 0 Å². The molecule has 0 unspecified atom stereocenters. The number of hydrogen-bond acceptors (Lipinski definition) is 5. The zero-order valence-electron chi connectivity index (χ0n) is 18.6. The predicted octanol–water partition coefficient (Wildman–Crippen LogP) is 4.21. The van der Waals surface area contributed by atoms with Crippen LogP contribution in [0, 0.1) is 13.8 Å². The van der Waals surface area contributed by atoms with Gasteiger partial charge in [-0.15, -0.1) is 0 Å². The van der Waals surface area contributed by atoms with Crippen LogP contribution in [0.4, 0.5) is 5.69 Å². The van der Waals surface area contributed by atoms with E-state index in [0.717, 1.165) is 22.9 Å². The minimum Gasteiger partial charge on any atom is -0.284 e. The summed E-state index contributed by atoms with van der Waals surface area (Å²) >= 11 is 0. The van der Waals surface area contributed by atoms with E-state index in [1.807, 2.05) is 31.2 Å². The molecule has 1 aliphatic heterocycles. The molecule has 0 radical (unpaired) electrons. The van der Waals surface area contributed by atoms with Gasteiger partial charge in [0, 0.05) is 12.1 Å². The fourth-order valence-electron chi connectivity index (χ4n) is 3.97. The first-order valence-electron chi connectivity index (χ1n) is 10.4. The van der Waals surface area contributed by atoms with E-state index in [9.17, 15) is 16.8 Å². The lowest BCUT2D eigenvalue weighted by atomic mass is 9.96. The molecular weight excluding hydrogens is 458 g/mol. The number of rotatable bonds is 6. The van der Waals surface area contributed by atoms with E-state index >= 15 is 0 Å². The van der Waals surface area contributed by atoms with E-state index in [1.54, 1.807) is 55.5 Å². The van der Waals surface area contributed by atoms with Crippen molar-refractivity contribution >= 4 is 31.4 Å². The minimum absolute atomic E-state index is 0.223. The maximum absolute atomic E-state index is 13.7. The Labute approximate surface area is 194 Å². The van der Waals surface area contributed by atoms with Crippen LogP contribution in [0.3, 0.4) is 0 Å². The van der Waals surface area contributed by atoms with Gasteiger partial charge in [0.05, 0.1) is 22.9 Å². The molecule has 0 amide bonds. The van der Waals surface area contributed by atoms with E-state index in [2.05, 4.69) is 9.82 Å². The molecule has 0 aromatic heterocycles. The first-order chi connectivity index (χ1) is 15.6. The number of nitrogens with one attached hydrogen (secondary N) is 1. The molecule has 0 spiro atoms. The highest BCUT2D eigenvalue weighted by Gasteiger charge is 2.38. The first kappa shape index (κ1) is 23.0. The average molecular weight is 484 g/mol. The van der Waals surface area contributed by atoms with Crippen LogP contribution >= 0.6 is 0 Å². The normalized spacial score (nSPS) is 16.5. The summed E-state index contributed by atoms with van der Waals surface area (Å²) < 4.78 is 54.0. The highest BCUT2D eigenvalue weighted by molar-refractivity contribution is 7.92. The molecule has 33 heavy (non-hydrogen) atoms. The van der Waals surface area contributed by atoms with Gasteiger partial charge in [0.2, 0.25) is 10.0 Å². The van der Waals surface area contributed by atoms with Gasteiger partial charge in [-0.3, -0.25) is 4.72 Å². The summed E-state index contributed by atoms with van der Waals surface area (Å²) in [7, 11) is -7.29. The number of hydrazone groups is 1. The monoisotopic (exact) mass is 483 g/mol. The number of hydrogen-bond donors (Lipinski definition) is 1. The molecule has 1 N–H and O–H groups in total. The fourth-order valence-corrected chi connectivity index (χ4v) is 6.19. The van der Waals surface area contributed by atoms with Gasteiger partial charge in [0.25, 0.3) is 10.0 Å². The van der Waals surface area contributed by atoms with Gasteiger partial charge in [-0.2, -0.15) is 17.9 Å². The van der Waals surface area contributed by atoms with Gasteiger partial charge in [-0.1, -0.05) is 54.6 Å². The number of nitrogens with zero attached hydrogens (tertiary/aromatic N) is 2. The maximum atomic E-state index is 13.7. The Bertz CT molecular complexity index is 1430. The molecule has 0 aliphatic carbocycles. The van der Waals surface area contributed by atoms with Crippen molar-refractivity contribution in [3.05, 3.63) is 95.1 Å². The predicted molar refractivity (Wildman–Crippen MR) is 130 cm³/mol. The van der Waals surface area contributed by atoms with E-state index in [-0.39, 0.29) is 4.90 Å². The van der Waals surface area contributed by atoms with Crippen molar-refractivity contribution in [1.82, 2.24) is 4.41 Å². The topological polar surface area (TPSA) is 95.9 Å². The third-order valence-electron chi connectivity index (χ3n) is 5.56. The van der Waals surface area contributed by atoms with Crippen molar-refractivity contribution in [3.63, 3.8) is 0 Å². The highest BCUT2D eigenvalue weighted by Crippen LogP contribution is 2.39.